The van der Waals surface area contributed by atoms with Crippen LogP contribution in [0.2, 0.25) is 0 Å². The van der Waals surface area contributed by atoms with Crippen molar-refractivity contribution in [2.45, 2.75) is 26.9 Å². The number of nitrogens with zero attached hydrogens (tertiary/aromatic N) is 2. The monoisotopic (exact) mass is 437 g/mol. The van der Waals surface area contributed by atoms with E-state index in [0.717, 1.165) is 11.3 Å². The number of nitrogens with one attached hydrogen (secondary N) is 1. The van der Waals surface area contributed by atoms with E-state index in [1.165, 1.54) is 18.2 Å². The Morgan fingerprint density at radius 3 is 2.44 bits per heavy atom. The molecule has 0 atom stereocenters. The topological polar surface area (TPSA) is 65.8 Å². The molecule has 2 amide bonds. The van der Waals surface area contributed by atoms with Gasteiger partial charge in [-0.1, -0.05) is 19.9 Å². The minimum absolute atomic E-state index is 0.0863. The van der Waals surface area contributed by atoms with Crippen molar-refractivity contribution in [3.05, 3.63) is 83.6 Å². The second-order valence-electron chi connectivity index (χ2n) is 8.13. The lowest BCUT2D eigenvalue weighted by Crippen LogP contribution is -2.31. The van der Waals surface area contributed by atoms with Crippen molar-refractivity contribution in [2.24, 2.45) is 5.92 Å². The van der Waals surface area contributed by atoms with Crippen LogP contribution in [0.15, 0.2) is 65.3 Å². The zero-order valence-corrected chi connectivity index (χ0v) is 18.8. The summed E-state index contributed by atoms with van der Waals surface area (Å²) in [5, 5.41) is 2.91. The van der Waals surface area contributed by atoms with Gasteiger partial charge in [0.2, 0.25) is 5.91 Å². The Morgan fingerprint density at radius 2 is 1.81 bits per heavy atom. The maximum absolute atomic E-state index is 13.8. The molecule has 3 rings (SSSR count). The maximum atomic E-state index is 13.8. The molecule has 3 aromatic rings. The molecule has 1 heterocycles. The predicted octanol–water partition coefficient (Wildman–Crippen LogP) is 4.92. The molecule has 0 saturated carbocycles. The molecule has 0 aliphatic heterocycles. The lowest BCUT2D eigenvalue weighted by molar-refractivity contribution is -0.118. The van der Waals surface area contributed by atoms with Gasteiger partial charge in [-0.25, -0.2) is 4.39 Å². The third-order valence-corrected chi connectivity index (χ3v) is 5.00. The van der Waals surface area contributed by atoms with Crippen LogP contribution >= 0.6 is 0 Å². The molecule has 0 aliphatic rings. The van der Waals surface area contributed by atoms with Crippen molar-refractivity contribution in [3.8, 4) is 0 Å². The van der Waals surface area contributed by atoms with E-state index in [9.17, 15) is 14.0 Å². The summed E-state index contributed by atoms with van der Waals surface area (Å²) in [6.07, 6.45) is 1.55. The largest absolute Gasteiger partial charge is 0.467 e. The van der Waals surface area contributed by atoms with Crippen LogP contribution in [0.5, 0.6) is 0 Å². The van der Waals surface area contributed by atoms with Gasteiger partial charge in [-0.05, 0) is 54.1 Å². The van der Waals surface area contributed by atoms with Gasteiger partial charge in [-0.2, -0.15) is 0 Å². The molecular weight excluding hydrogens is 409 g/mol. The Hall–Kier alpha value is -3.61. The van der Waals surface area contributed by atoms with Gasteiger partial charge in [0.25, 0.3) is 5.91 Å². The molecule has 0 saturated heterocycles. The Balaban J connectivity index is 1.96. The molecule has 6 nitrogen and oxygen atoms in total. The highest BCUT2D eigenvalue weighted by atomic mass is 19.1. The number of furan rings is 1. The summed E-state index contributed by atoms with van der Waals surface area (Å²) in [4.78, 5) is 29.0. The summed E-state index contributed by atoms with van der Waals surface area (Å²) in [5.41, 5.74) is 2.66. The molecule has 2 aromatic carbocycles. The summed E-state index contributed by atoms with van der Waals surface area (Å²) in [5.74, 6) is -0.414. The quantitative estimate of drug-likeness (QED) is 0.543. The number of benzene rings is 2. The molecule has 168 valence electrons. The third kappa shape index (κ3) is 5.75. The van der Waals surface area contributed by atoms with Crippen molar-refractivity contribution < 1.29 is 18.4 Å². The predicted molar refractivity (Wildman–Crippen MR) is 123 cm³/mol. The van der Waals surface area contributed by atoms with Crippen molar-refractivity contribution in [1.29, 1.82) is 0 Å². The zero-order valence-electron chi connectivity index (χ0n) is 18.8. The number of rotatable bonds is 8. The summed E-state index contributed by atoms with van der Waals surface area (Å²) < 4.78 is 19.2. The molecule has 0 fully saturated rings. The van der Waals surface area contributed by atoms with E-state index in [4.69, 9.17) is 4.42 Å². The standard InChI is InChI=1S/C25H28FN3O3/c1-17(2)24(30)27-21-10-11-23(28(3)4)19(14-21)15-29(16-22-9-6-12-32-22)25(31)18-7-5-8-20(26)13-18/h5-14,17H,15-16H2,1-4H3,(H,27,30). The van der Waals surface area contributed by atoms with Gasteiger partial charge in [0.1, 0.15) is 11.6 Å². The normalized spacial score (nSPS) is 10.8. The Kier molecular flexibility index (Phi) is 7.30. The first-order valence-corrected chi connectivity index (χ1v) is 10.4. The number of carbonyl (C=O) groups is 2. The Morgan fingerprint density at radius 1 is 1.03 bits per heavy atom. The van der Waals surface area contributed by atoms with Crippen LogP contribution in [0.1, 0.15) is 35.5 Å². The number of amides is 2. The number of hydrogen-bond donors (Lipinski definition) is 1. The van der Waals surface area contributed by atoms with E-state index < -0.39 is 5.82 Å². The summed E-state index contributed by atoms with van der Waals surface area (Å²) >= 11 is 0. The molecule has 7 heteroatoms. The Labute approximate surface area is 187 Å². The minimum Gasteiger partial charge on any atom is -0.467 e. The van der Waals surface area contributed by atoms with Crippen molar-refractivity contribution in [2.75, 3.05) is 24.3 Å². The van der Waals surface area contributed by atoms with E-state index in [1.807, 2.05) is 51.0 Å². The minimum atomic E-state index is -0.471. The fourth-order valence-electron chi connectivity index (χ4n) is 3.31. The summed E-state index contributed by atoms with van der Waals surface area (Å²) in [7, 11) is 3.83. The van der Waals surface area contributed by atoms with Crippen LogP contribution in [0, 0.1) is 11.7 Å². The third-order valence-electron chi connectivity index (χ3n) is 5.00. The van der Waals surface area contributed by atoms with Gasteiger partial charge in [-0.3, -0.25) is 9.59 Å². The SMILES string of the molecule is CC(C)C(=O)Nc1ccc(N(C)C)c(CN(Cc2ccco2)C(=O)c2cccc(F)c2)c1. The number of carbonyl (C=O) groups excluding carboxylic acids is 2. The van der Waals surface area contributed by atoms with Gasteiger partial charge >= 0.3 is 0 Å². The summed E-state index contributed by atoms with van der Waals surface area (Å²) in [6, 6.07) is 14.8. The average Bonchev–Trinajstić information content (AvgIpc) is 3.25. The zero-order chi connectivity index (χ0) is 23.3. The molecule has 0 radical (unpaired) electrons. The van der Waals surface area contributed by atoms with E-state index in [2.05, 4.69) is 5.32 Å². The molecule has 0 unspecified atom stereocenters. The number of hydrogen-bond acceptors (Lipinski definition) is 4. The van der Waals surface area contributed by atoms with E-state index in [0.29, 0.717) is 11.4 Å². The molecular formula is C25H28FN3O3. The van der Waals surface area contributed by atoms with Crippen molar-refractivity contribution in [1.82, 2.24) is 4.90 Å². The van der Waals surface area contributed by atoms with Gasteiger partial charge in [0.05, 0.1) is 12.8 Å². The molecule has 1 N–H and O–H groups in total. The highest BCUT2D eigenvalue weighted by molar-refractivity contribution is 5.94. The smallest absolute Gasteiger partial charge is 0.254 e. The van der Waals surface area contributed by atoms with Crippen LogP contribution in [0.3, 0.4) is 0 Å². The second kappa shape index (κ2) is 10.1. The van der Waals surface area contributed by atoms with Crippen LogP contribution in [-0.4, -0.2) is 30.8 Å². The van der Waals surface area contributed by atoms with Gasteiger partial charge in [0, 0.05) is 43.5 Å². The molecule has 32 heavy (non-hydrogen) atoms. The van der Waals surface area contributed by atoms with Gasteiger partial charge in [0.15, 0.2) is 0 Å². The summed E-state index contributed by atoms with van der Waals surface area (Å²) in [6.45, 7) is 4.12. The molecule has 0 bridgehead atoms. The van der Waals surface area contributed by atoms with Crippen LogP contribution < -0.4 is 10.2 Å². The van der Waals surface area contributed by atoms with Gasteiger partial charge in [-0.15, -0.1) is 0 Å². The fraction of sp³-hybridized carbons (Fsp3) is 0.280. The van der Waals surface area contributed by atoms with Crippen LogP contribution in [0.25, 0.3) is 0 Å². The van der Waals surface area contributed by atoms with E-state index >= 15 is 0 Å². The van der Waals surface area contributed by atoms with Crippen molar-refractivity contribution in [3.63, 3.8) is 0 Å². The fourth-order valence-corrected chi connectivity index (χ4v) is 3.31. The highest BCUT2D eigenvalue weighted by Crippen LogP contribution is 2.26. The first-order valence-electron chi connectivity index (χ1n) is 10.4. The molecule has 0 aliphatic carbocycles. The lowest BCUT2D eigenvalue weighted by Gasteiger charge is -2.26. The maximum Gasteiger partial charge on any atom is 0.254 e. The highest BCUT2D eigenvalue weighted by Gasteiger charge is 2.21. The number of anilines is 2. The number of halogens is 1. The second-order valence-corrected chi connectivity index (χ2v) is 8.13. The average molecular weight is 438 g/mol. The molecule has 1 aromatic heterocycles. The first kappa shape index (κ1) is 23.1. The van der Waals surface area contributed by atoms with Crippen LogP contribution in [0.4, 0.5) is 15.8 Å². The first-order chi connectivity index (χ1) is 15.2. The lowest BCUT2D eigenvalue weighted by atomic mass is 10.1. The van der Waals surface area contributed by atoms with Gasteiger partial charge < -0.3 is 19.5 Å². The van der Waals surface area contributed by atoms with E-state index in [1.54, 1.807) is 29.4 Å². The van der Waals surface area contributed by atoms with Crippen LogP contribution in [-0.2, 0) is 17.9 Å². The van der Waals surface area contributed by atoms with E-state index in [-0.39, 0.29) is 36.4 Å². The molecule has 0 spiro atoms. The Bertz CT molecular complexity index is 1080. The van der Waals surface area contributed by atoms with Crippen molar-refractivity contribution >= 4 is 23.2 Å².